The van der Waals surface area contributed by atoms with Gasteiger partial charge in [-0.25, -0.2) is 0 Å². The highest BCUT2D eigenvalue weighted by atomic mass is 19.4. The first-order chi connectivity index (χ1) is 10.7. The predicted molar refractivity (Wildman–Crippen MR) is 75.4 cm³/mol. The topological polar surface area (TPSA) is 53.7 Å². The van der Waals surface area contributed by atoms with E-state index in [0.29, 0.717) is 24.9 Å². The molecule has 1 saturated heterocycles. The highest BCUT2D eigenvalue weighted by Gasteiger charge is 2.59. The van der Waals surface area contributed by atoms with Crippen molar-refractivity contribution in [3.63, 3.8) is 0 Å². The number of carbonyl (C=O) groups is 1. The quantitative estimate of drug-likeness (QED) is 0.926. The maximum Gasteiger partial charge on any atom is 0.425 e. The van der Waals surface area contributed by atoms with Crippen molar-refractivity contribution in [3.05, 3.63) is 23.7 Å². The number of carbonyl (C=O) groups excluding carboxylic acids is 1. The van der Waals surface area contributed by atoms with Gasteiger partial charge in [-0.3, -0.25) is 4.79 Å². The summed E-state index contributed by atoms with van der Waals surface area (Å²) in [4.78, 5) is 13.8. The van der Waals surface area contributed by atoms with Gasteiger partial charge in [-0.15, -0.1) is 0 Å². The van der Waals surface area contributed by atoms with Crippen molar-refractivity contribution >= 4 is 5.91 Å². The molecule has 2 aliphatic rings. The molecule has 1 aromatic rings. The van der Waals surface area contributed by atoms with Gasteiger partial charge in [-0.2, -0.15) is 13.2 Å². The molecule has 3 unspecified atom stereocenters. The molecule has 3 rings (SSSR count). The molecule has 2 heterocycles. The molecule has 128 valence electrons. The first kappa shape index (κ1) is 16.4. The molecule has 1 amide bonds. The third-order valence-corrected chi connectivity index (χ3v) is 5.10. The first-order valence-electron chi connectivity index (χ1n) is 7.84. The van der Waals surface area contributed by atoms with Crippen LogP contribution in [-0.2, 0) is 10.4 Å². The van der Waals surface area contributed by atoms with Crippen molar-refractivity contribution in [1.82, 2.24) is 4.90 Å². The average Bonchev–Trinajstić information content (AvgIpc) is 3.11. The van der Waals surface area contributed by atoms with Crippen LogP contribution in [0, 0.1) is 18.8 Å². The number of fused-ring (bicyclic) bond motifs is 1. The van der Waals surface area contributed by atoms with Crippen molar-refractivity contribution in [1.29, 1.82) is 0 Å². The zero-order chi connectivity index (χ0) is 16.8. The van der Waals surface area contributed by atoms with Gasteiger partial charge in [0.2, 0.25) is 11.5 Å². The monoisotopic (exact) mass is 331 g/mol. The number of alkyl halides is 3. The van der Waals surface area contributed by atoms with Crippen molar-refractivity contribution in [2.24, 2.45) is 11.8 Å². The average molecular weight is 331 g/mol. The fraction of sp³-hybridized carbons (Fsp3) is 0.688. The van der Waals surface area contributed by atoms with E-state index in [2.05, 4.69) is 0 Å². The van der Waals surface area contributed by atoms with Gasteiger partial charge in [-0.1, -0.05) is 6.42 Å². The van der Waals surface area contributed by atoms with Gasteiger partial charge in [0, 0.05) is 13.1 Å². The minimum absolute atomic E-state index is 0.255. The standard InChI is InChI=1S/C16H20F3NO3/c1-10-5-6-13(23-10)15(22,16(17,18)19)7-14(21)20-8-11-3-2-4-12(11)9-20/h5-6,11-12,22H,2-4,7-9H2,1H3. The lowest BCUT2D eigenvalue weighted by molar-refractivity contribution is -0.274. The number of hydrogen-bond donors (Lipinski definition) is 1. The number of aliphatic hydroxyl groups is 1. The largest absolute Gasteiger partial charge is 0.463 e. The molecule has 0 radical (unpaired) electrons. The van der Waals surface area contributed by atoms with Crippen LogP contribution in [-0.4, -0.2) is 35.2 Å². The molecule has 7 heteroatoms. The number of likely N-dealkylation sites (tertiary alicyclic amines) is 1. The summed E-state index contributed by atoms with van der Waals surface area (Å²) in [5, 5.41) is 10.2. The van der Waals surface area contributed by atoms with E-state index in [-0.39, 0.29) is 5.76 Å². The fourth-order valence-electron chi connectivity index (χ4n) is 3.75. The van der Waals surface area contributed by atoms with E-state index in [1.807, 2.05) is 0 Å². The van der Waals surface area contributed by atoms with Crippen LogP contribution in [0.1, 0.15) is 37.2 Å². The molecule has 1 aromatic heterocycles. The summed E-state index contributed by atoms with van der Waals surface area (Å²) >= 11 is 0. The van der Waals surface area contributed by atoms with E-state index in [9.17, 15) is 23.1 Å². The fourth-order valence-corrected chi connectivity index (χ4v) is 3.75. The highest BCUT2D eigenvalue weighted by Crippen LogP contribution is 2.44. The van der Waals surface area contributed by atoms with E-state index >= 15 is 0 Å². The third kappa shape index (κ3) is 2.86. The van der Waals surface area contributed by atoms with Gasteiger partial charge in [0.05, 0.1) is 6.42 Å². The predicted octanol–water partition coefficient (Wildman–Crippen LogP) is 2.99. The maximum atomic E-state index is 13.4. The van der Waals surface area contributed by atoms with Gasteiger partial charge in [-0.05, 0) is 43.7 Å². The van der Waals surface area contributed by atoms with Crippen LogP contribution >= 0.6 is 0 Å². The molecular formula is C16H20F3NO3. The number of nitrogens with zero attached hydrogens (tertiary/aromatic N) is 1. The molecular weight excluding hydrogens is 311 g/mol. The van der Waals surface area contributed by atoms with Crippen molar-refractivity contribution < 1.29 is 27.5 Å². The zero-order valence-electron chi connectivity index (χ0n) is 12.9. The summed E-state index contributed by atoms with van der Waals surface area (Å²) in [6, 6.07) is 2.42. The maximum absolute atomic E-state index is 13.4. The molecule has 1 aliphatic carbocycles. The third-order valence-electron chi connectivity index (χ3n) is 5.10. The van der Waals surface area contributed by atoms with E-state index < -0.39 is 29.9 Å². The number of rotatable bonds is 3. The van der Waals surface area contributed by atoms with E-state index in [1.165, 1.54) is 17.9 Å². The van der Waals surface area contributed by atoms with Crippen molar-refractivity contribution in [2.75, 3.05) is 13.1 Å². The Morgan fingerprint density at radius 1 is 1.30 bits per heavy atom. The molecule has 23 heavy (non-hydrogen) atoms. The van der Waals surface area contributed by atoms with Crippen molar-refractivity contribution in [2.45, 2.75) is 44.4 Å². The van der Waals surface area contributed by atoms with E-state index in [1.54, 1.807) is 0 Å². The Hall–Kier alpha value is -1.50. The number of halogens is 3. The Balaban J connectivity index is 1.78. The second-order valence-electron chi connectivity index (χ2n) is 6.69. The van der Waals surface area contributed by atoms with Crippen LogP contribution in [0.15, 0.2) is 16.5 Å². The number of furan rings is 1. The number of aryl methyl sites for hydroxylation is 1. The summed E-state index contributed by atoms with van der Waals surface area (Å²) < 4.78 is 45.2. The first-order valence-corrected chi connectivity index (χ1v) is 7.84. The Bertz CT molecular complexity index is 586. The van der Waals surface area contributed by atoms with Crippen LogP contribution in [0.25, 0.3) is 0 Å². The second-order valence-corrected chi connectivity index (χ2v) is 6.69. The molecule has 2 fully saturated rings. The molecule has 4 nitrogen and oxygen atoms in total. The highest BCUT2D eigenvalue weighted by molar-refractivity contribution is 5.78. The minimum atomic E-state index is -4.98. The Morgan fingerprint density at radius 3 is 2.39 bits per heavy atom. The lowest BCUT2D eigenvalue weighted by Crippen LogP contribution is -2.46. The lowest BCUT2D eigenvalue weighted by Gasteiger charge is -2.30. The van der Waals surface area contributed by atoms with Crippen LogP contribution in [0.2, 0.25) is 0 Å². The summed E-state index contributed by atoms with van der Waals surface area (Å²) in [5.41, 5.74) is -3.28. The van der Waals surface area contributed by atoms with Crippen molar-refractivity contribution in [3.8, 4) is 0 Å². The van der Waals surface area contributed by atoms with Gasteiger partial charge in [0.15, 0.2) is 0 Å². The lowest BCUT2D eigenvalue weighted by atomic mass is 9.95. The Labute approximate surface area is 132 Å². The summed E-state index contributed by atoms with van der Waals surface area (Å²) in [7, 11) is 0. The van der Waals surface area contributed by atoms with Gasteiger partial charge in [0.25, 0.3) is 0 Å². The van der Waals surface area contributed by atoms with Crippen LogP contribution < -0.4 is 0 Å². The smallest absolute Gasteiger partial charge is 0.425 e. The molecule has 0 spiro atoms. The number of amides is 1. The summed E-state index contributed by atoms with van der Waals surface area (Å²) in [6.07, 6.45) is -2.86. The van der Waals surface area contributed by atoms with Crippen LogP contribution in [0.5, 0.6) is 0 Å². The van der Waals surface area contributed by atoms with Crippen LogP contribution in [0.4, 0.5) is 13.2 Å². The second kappa shape index (κ2) is 5.54. The van der Waals surface area contributed by atoms with Gasteiger partial charge >= 0.3 is 6.18 Å². The molecule has 3 atom stereocenters. The molecule has 1 aliphatic heterocycles. The summed E-state index contributed by atoms with van der Waals surface area (Å²) in [5.74, 6) is -0.262. The SMILES string of the molecule is Cc1ccc(C(O)(CC(=O)N2CC3CCCC3C2)C(F)(F)F)o1. The zero-order valence-corrected chi connectivity index (χ0v) is 12.9. The Kier molecular flexibility index (Phi) is 3.94. The van der Waals surface area contributed by atoms with E-state index in [0.717, 1.165) is 25.3 Å². The molecule has 1 N–H and O–H groups in total. The minimum Gasteiger partial charge on any atom is -0.463 e. The van der Waals surface area contributed by atoms with Gasteiger partial charge in [0.1, 0.15) is 11.5 Å². The number of hydrogen-bond acceptors (Lipinski definition) is 3. The molecule has 1 saturated carbocycles. The molecule has 0 aromatic carbocycles. The summed E-state index contributed by atoms with van der Waals surface area (Å²) in [6.45, 7) is 2.48. The molecule has 0 bridgehead atoms. The van der Waals surface area contributed by atoms with Crippen LogP contribution in [0.3, 0.4) is 0 Å². The van der Waals surface area contributed by atoms with Gasteiger partial charge < -0.3 is 14.4 Å². The normalized spacial score (nSPS) is 27.1. The Morgan fingerprint density at radius 2 is 1.91 bits per heavy atom. The van der Waals surface area contributed by atoms with E-state index in [4.69, 9.17) is 4.42 Å².